The van der Waals surface area contributed by atoms with Gasteiger partial charge in [0.05, 0.1) is 10.0 Å². The lowest BCUT2D eigenvalue weighted by Crippen LogP contribution is -2.22. The summed E-state index contributed by atoms with van der Waals surface area (Å²) in [6.45, 7) is 3.82. The second kappa shape index (κ2) is 6.30. The maximum absolute atomic E-state index is 12.1. The van der Waals surface area contributed by atoms with E-state index in [0.717, 1.165) is 5.39 Å². The van der Waals surface area contributed by atoms with E-state index in [9.17, 15) is 9.90 Å². The van der Waals surface area contributed by atoms with Gasteiger partial charge in [0, 0.05) is 29.4 Å². The molecular formula is C16H14Cl2N4O2. The molecule has 2 N–H and O–H groups in total. The molecule has 0 radical (unpaired) electrons. The van der Waals surface area contributed by atoms with Gasteiger partial charge in [-0.3, -0.25) is 9.36 Å². The van der Waals surface area contributed by atoms with Crippen molar-refractivity contribution >= 4 is 45.9 Å². The molecule has 0 aliphatic heterocycles. The molecular weight excluding hydrogens is 351 g/mol. The molecule has 2 heterocycles. The molecule has 0 spiro atoms. The number of nitrogens with one attached hydrogen (secondary N) is 1. The molecule has 8 heteroatoms. The number of halogens is 2. The lowest BCUT2D eigenvalue weighted by atomic mass is 10.3. The van der Waals surface area contributed by atoms with Crippen LogP contribution in [0.4, 0.5) is 11.6 Å². The Kier molecular flexibility index (Phi) is 4.34. The van der Waals surface area contributed by atoms with Crippen molar-refractivity contribution in [3.05, 3.63) is 50.9 Å². The molecule has 3 aromatic rings. The van der Waals surface area contributed by atoms with Crippen LogP contribution in [-0.4, -0.2) is 19.6 Å². The van der Waals surface area contributed by atoms with Crippen LogP contribution in [0.3, 0.4) is 0 Å². The third kappa shape index (κ3) is 3.02. The lowest BCUT2D eigenvalue weighted by Gasteiger charge is -2.13. The Morgan fingerprint density at radius 1 is 1.21 bits per heavy atom. The minimum Gasteiger partial charge on any atom is -0.505 e. The van der Waals surface area contributed by atoms with E-state index in [1.807, 2.05) is 13.8 Å². The molecule has 1 aromatic carbocycles. The van der Waals surface area contributed by atoms with Crippen LogP contribution in [0, 0.1) is 0 Å². The van der Waals surface area contributed by atoms with Crippen molar-refractivity contribution in [2.45, 2.75) is 19.9 Å². The predicted molar refractivity (Wildman–Crippen MR) is 95.6 cm³/mol. The summed E-state index contributed by atoms with van der Waals surface area (Å²) in [4.78, 5) is 20.7. The van der Waals surface area contributed by atoms with Crippen LogP contribution in [0.25, 0.3) is 11.0 Å². The van der Waals surface area contributed by atoms with Gasteiger partial charge in [0.15, 0.2) is 5.75 Å². The van der Waals surface area contributed by atoms with E-state index < -0.39 is 0 Å². The number of fused-ring (bicyclic) bond motifs is 1. The molecule has 0 bridgehead atoms. The zero-order valence-electron chi connectivity index (χ0n) is 12.9. The zero-order valence-corrected chi connectivity index (χ0v) is 14.4. The number of pyridine rings is 1. The fourth-order valence-electron chi connectivity index (χ4n) is 2.36. The summed E-state index contributed by atoms with van der Waals surface area (Å²) in [6, 6.07) is 6.17. The van der Waals surface area contributed by atoms with Crippen LogP contribution >= 0.6 is 23.2 Å². The first-order valence-corrected chi connectivity index (χ1v) is 7.95. The molecule has 0 amide bonds. The van der Waals surface area contributed by atoms with Gasteiger partial charge in [-0.25, -0.2) is 4.98 Å². The van der Waals surface area contributed by atoms with Crippen LogP contribution < -0.4 is 10.9 Å². The third-order valence-electron chi connectivity index (χ3n) is 3.46. The van der Waals surface area contributed by atoms with E-state index in [1.54, 1.807) is 16.8 Å². The average molecular weight is 365 g/mol. The van der Waals surface area contributed by atoms with Crippen LogP contribution in [0.1, 0.15) is 19.9 Å². The highest BCUT2D eigenvalue weighted by Crippen LogP contribution is 2.35. The van der Waals surface area contributed by atoms with Gasteiger partial charge in [-0.15, -0.1) is 0 Å². The highest BCUT2D eigenvalue weighted by atomic mass is 35.5. The molecule has 124 valence electrons. The maximum atomic E-state index is 12.1. The van der Waals surface area contributed by atoms with Gasteiger partial charge in [0.25, 0.3) is 5.56 Å². The van der Waals surface area contributed by atoms with Crippen molar-refractivity contribution in [2.24, 2.45) is 0 Å². The van der Waals surface area contributed by atoms with E-state index >= 15 is 0 Å². The third-order valence-corrected chi connectivity index (χ3v) is 4.03. The first-order chi connectivity index (χ1) is 11.4. The molecule has 0 unspecified atom stereocenters. The van der Waals surface area contributed by atoms with Gasteiger partial charge in [-0.2, -0.15) is 4.98 Å². The number of hydrogen-bond acceptors (Lipinski definition) is 5. The number of anilines is 2. The number of rotatable bonds is 3. The Morgan fingerprint density at radius 2 is 1.88 bits per heavy atom. The van der Waals surface area contributed by atoms with Gasteiger partial charge < -0.3 is 10.4 Å². The number of nitrogens with zero attached hydrogens (tertiary/aromatic N) is 3. The monoisotopic (exact) mass is 364 g/mol. The number of phenols is 1. The van der Waals surface area contributed by atoms with Crippen LogP contribution in [0.5, 0.6) is 5.75 Å². The molecule has 0 fully saturated rings. The molecule has 6 nitrogen and oxygen atoms in total. The minimum absolute atomic E-state index is 0.0403. The number of aromatic hydroxyl groups is 1. The Hall–Kier alpha value is -2.31. The van der Waals surface area contributed by atoms with Crippen LogP contribution in [0.2, 0.25) is 10.0 Å². The number of phenolic OH excluding ortho intramolecular Hbond substituents is 1. The summed E-state index contributed by atoms with van der Waals surface area (Å²) in [5, 5.41) is 13.6. The van der Waals surface area contributed by atoms with Gasteiger partial charge in [0.2, 0.25) is 5.95 Å². The van der Waals surface area contributed by atoms with Crippen molar-refractivity contribution in [1.82, 2.24) is 14.5 Å². The standard InChI is InChI=1S/C16H14Cl2N4O2/c1-8(2)22-13(23)4-3-9-7-19-16(21-15(9)22)20-10-5-11(17)14(24)12(18)6-10/h3-8,24H,1-2H3,(H,19,20,21). The van der Waals surface area contributed by atoms with Crippen molar-refractivity contribution < 1.29 is 5.11 Å². The molecule has 24 heavy (non-hydrogen) atoms. The molecule has 0 saturated carbocycles. The van der Waals surface area contributed by atoms with Crippen molar-refractivity contribution in [3.63, 3.8) is 0 Å². The van der Waals surface area contributed by atoms with Gasteiger partial charge >= 0.3 is 0 Å². The Morgan fingerprint density at radius 3 is 2.50 bits per heavy atom. The van der Waals surface area contributed by atoms with E-state index in [4.69, 9.17) is 23.2 Å². The number of aromatic nitrogens is 3. The topological polar surface area (TPSA) is 80.0 Å². The van der Waals surface area contributed by atoms with Gasteiger partial charge in [-0.05, 0) is 32.0 Å². The zero-order chi connectivity index (χ0) is 17.4. The second-order valence-electron chi connectivity index (χ2n) is 5.52. The summed E-state index contributed by atoms with van der Waals surface area (Å²) in [6.07, 6.45) is 1.63. The normalized spacial score (nSPS) is 11.2. The molecule has 0 saturated heterocycles. The highest BCUT2D eigenvalue weighted by Gasteiger charge is 2.11. The lowest BCUT2D eigenvalue weighted by molar-refractivity contribution is 0.476. The Bertz CT molecular complexity index is 962. The van der Waals surface area contributed by atoms with E-state index in [0.29, 0.717) is 17.3 Å². The minimum atomic E-state index is -0.183. The molecule has 0 atom stereocenters. The fourth-order valence-corrected chi connectivity index (χ4v) is 2.85. The molecule has 0 aliphatic carbocycles. The van der Waals surface area contributed by atoms with Crippen LogP contribution in [0.15, 0.2) is 35.3 Å². The number of hydrogen-bond donors (Lipinski definition) is 2. The smallest absolute Gasteiger partial charge is 0.252 e. The van der Waals surface area contributed by atoms with E-state index in [2.05, 4.69) is 15.3 Å². The summed E-state index contributed by atoms with van der Waals surface area (Å²) in [7, 11) is 0. The first kappa shape index (κ1) is 16.5. The van der Waals surface area contributed by atoms with Crippen LogP contribution in [-0.2, 0) is 0 Å². The number of benzene rings is 1. The summed E-state index contributed by atoms with van der Waals surface area (Å²) in [5.41, 5.74) is 0.931. The average Bonchev–Trinajstić information content (AvgIpc) is 2.51. The quantitative estimate of drug-likeness (QED) is 0.683. The first-order valence-electron chi connectivity index (χ1n) is 7.20. The van der Waals surface area contributed by atoms with E-state index in [-0.39, 0.29) is 27.4 Å². The van der Waals surface area contributed by atoms with Gasteiger partial charge in [-0.1, -0.05) is 23.2 Å². The summed E-state index contributed by atoms with van der Waals surface area (Å²) in [5.74, 6) is 0.109. The maximum Gasteiger partial charge on any atom is 0.252 e. The largest absolute Gasteiger partial charge is 0.505 e. The van der Waals surface area contributed by atoms with E-state index in [1.165, 1.54) is 18.2 Å². The second-order valence-corrected chi connectivity index (χ2v) is 6.34. The molecule has 3 rings (SSSR count). The predicted octanol–water partition coefficient (Wildman–Crippen LogP) is 4.13. The highest BCUT2D eigenvalue weighted by molar-refractivity contribution is 6.37. The van der Waals surface area contributed by atoms with Crippen molar-refractivity contribution in [1.29, 1.82) is 0 Å². The molecule has 2 aromatic heterocycles. The molecule has 0 aliphatic rings. The Labute approximate surface area is 147 Å². The summed E-state index contributed by atoms with van der Waals surface area (Å²) >= 11 is 11.8. The van der Waals surface area contributed by atoms with Crippen molar-refractivity contribution in [2.75, 3.05) is 5.32 Å². The Balaban J connectivity index is 2.08. The fraction of sp³-hybridized carbons (Fsp3) is 0.188. The van der Waals surface area contributed by atoms with Crippen molar-refractivity contribution in [3.8, 4) is 5.75 Å². The summed E-state index contributed by atoms with van der Waals surface area (Å²) < 4.78 is 1.60. The SMILES string of the molecule is CC(C)n1c(=O)ccc2cnc(Nc3cc(Cl)c(O)c(Cl)c3)nc21. The van der Waals surface area contributed by atoms with Gasteiger partial charge in [0.1, 0.15) is 5.65 Å².